The highest BCUT2D eigenvalue weighted by Gasteiger charge is 2.57. The summed E-state index contributed by atoms with van der Waals surface area (Å²) in [5.74, 6) is 0. The van der Waals surface area contributed by atoms with Crippen LogP contribution in [0.3, 0.4) is 0 Å². The van der Waals surface area contributed by atoms with Crippen molar-refractivity contribution in [2.24, 2.45) is 0 Å². The van der Waals surface area contributed by atoms with Gasteiger partial charge in [-0.15, -0.1) is 0 Å². The molecule has 0 fully saturated rings. The molecule has 0 amide bonds. The maximum absolute atomic E-state index is 15.1. The number of rotatable bonds is 3. The molecule has 0 saturated heterocycles. The zero-order valence-corrected chi connectivity index (χ0v) is 27.4. The van der Waals surface area contributed by atoms with Gasteiger partial charge in [-0.25, -0.2) is 0 Å². The lowest BCUT2D eigenvalue weighted by atomic mass is 9.75. The average Bonchev–Trinajstić information content (AvgIpc) is 3.02. The molecule has 4 rings (SSSR count). The summed E-state index contributed by atoms with van der Waals surface area (Å²) in [4.78, 5) is 0. The molecular weight excluding hydrogens is 909 g/mol. The van der Waals surface area contributed by atoms with Crippen LogP contribution in [0.5, 0.6) is 0 Å². The normalized spacial score (nSPS) is 14.2. The third-order valence-electron chi connectivity index (χ3n) is 8.07. The van der Waals surface area contributed by atoms with Crippen molar-refractivity contribution in [1.29, 1.82) is 0 Å². The number of halogens is 27. The highest BCUT2D eigenvalue weighted by atomic mass is 19.4. The summed E-state index contributed by atoms with van der Waals surface area (Å²) in [6, 6.07) is -8.10. The lowest BCUT2D eigenvalue weighted by Gasteiger charge is -2.32. The molecule has 4 aromatic rings. The molecule has 0 aliphatic carbocycles. The van der Waals surface area contributed by atoms with Gasteiger partial charge in [-0.1, -0.05) is 6.07 Å². The molecule has 0 spiro atoms. The van der Waals surface area contributed by atoms with Gasteiger partial charge < -0.3 is 0 Å². The maximum Gasteiger partial charge on any atom is 0.417 e. The van der Waals surface area contributed by atoms with Crippen molar-refractivity contribution in [3.8, 4) is 33.4 Å². The first-order chi connectivity index (χ1) is 26.5. The van der Waals surface area contributed by atoms with Crippen LogP contribution in [-0.4, -0.2) is 0 Å². The Labute approximate surface area is 312 Å². The van der Waals surface area contributed by atoms with Gasteiger partial charge in [0, 0.05) is 16.7 Å². The molecule has 27 heteroatoms. The van der Waals surface area contributed by atoms with Crippen LogP contribution < -0.4 is 0 Å². The molecule has 0 bridgehead atoms. The molecule has 0 atom stereocenters. The van der Waals surface area contributed by atoms with Crippen LogP contribution in [0.4, 0.5) is 119 Å². The average molecular weight is 918 g/mol. The van der Waals surface area contributed by atoms with Crippen molar-refractivity contribution < 1.29 is 119 Å². The first-order valence-electron chi connectivity index (χ1n) is 14.8. The van der Waals surface area contributed by atoms with Crippen molar-refractivity contribution >= 4 is 0 Å². The molecule has 0 aromatic heterocycles. The standard InChI is InChI=1S/C33H9F27/c34-25(35,36)11-4-5-15(28(43,44)45)14(9-11)19-18(10-6-12(26(37,38)39)8-13(7-10)27(40,41)42)22(31(52,53)54)24(33(58,59)60)23(32(55,56)57)21(19)20-16(29(46,47)48)2-1-3-17(20)30(49,50)51/h1-9H. The van der Waals surface area contributed by atoms with Crippen molar-refractivity contribution in [2.45, 2.75) is 55.6 Å². The van der Waals surface area contributed by atoms with Crippen molar-refractivity contribution in [2.75, 3.05) is 0 Å². The smallest absolute Gasteiger partial charge is 0.166 e. The van der Waals surface area contributed by atoms with Gasteiger partial charge in [0.15, 0.2) is 0 Å². The van der Waals surface area contributed by atoms with Gasteiger partial charge in [0.2, 0.25) is 0 Å². The number of benzene rings is 4. The van der Waals surface area contributed by atoms with Gasteiger partial charge in [0.25, 0.3) is 0 Å². The molecule has 0 N–H and O–H groups in total. The highest BCUT2D eigenvalue weighted by molar-refractivity contribution is 6.02. The Balaban J connectivity index is 2.82. The lowest BCUT2D eigenvalue weighted by molar-refractivity contribution is -0.174. The fraction of sp³-hybridized carbons (Fsp3) is 0.273. The van der Waals surface area contributed by atoms with Crippen molar-refractivity contribution in [3.63, 3.8) is 0 Å². The summed E-state index contributed by atoms with van der Waals surface area (Å²) >= 11 is 0. The van der Waals surface area contributed by atoms with Gasteiger partial charge >= 0.3 is 55.6 Å². The van der Waals surface area contributed by atoms with Crippen LogP contribution in [0.2, 0.25) is 0 Å². The summed E-state index contributed by atoms with van der Waals surface area (Å²) in [6.45, 7) is 0. The summed E-state index contributed by atoms with van der Waals surface area (Å²) < 4.78 is 392. The van der Waals surface area contributed by atoms with E-state index in [0.29, 0.717) is 0 Å². The minimum absolute atomic E-state index is 0.369. The molecular formula is C33H9F27. The lowest BCUT2D eigenvalue weighted by Crippen LogP contribution is -2.27. The number of alkyl halides is 27. The Morgan fingerprint density at radius 2 is 0.617 bits per heavy atom. The summed E-state index contributed by atoms with van der Waals surface area (Å²) in [5.41, 5.74) is -52.1. The predicted molar refractivity (Wildman–Crippen MR) is 148 cm³/mol. The van der Waals surface area contributed by atoms with E-state index >= 15 is 26.3 Å². The van der Waals surface area contributed by atoms with E-state index in [2.05, 4.69) is 0 Å². The van der Waals surface area contributed by atoms with E-state index in [1.54, 1.807) is 0 Å². The Kier molecular flexibility index (Phi) is 11.4. The maximum atomic E-state index is 15.1. The topological polar surface area (TPSA) is 0 Å². The molecule has 0 unspecified atom stereocenters. The minimum Gasteiger partial charge on any atom is -0.166 e. The highest BCUT2D eigenvalue weighted by Crippen LogP contribution is 2.61. The molecule has 0 nitrogen and oxygen atoms in total. The van der Waals surface area contributed by atoms with E-state index in [4.69, 9.17) is 0 Å². The van der Waals surface area contributed by atoms with E-state index in [-0.39, 0.29) is 6.07 Å². The predicted octanol–water partition coefficient (Wildman–Crippen LogP) is 15.9. The van der Waals surface area contributed by atoms with Crippen LogP contribution in [0, 0.1) is 0 Å². The Bertz CT molecular complexity index is 2210. The Morgan fingerprint density at radius 1 is 0.250 bits per heavy atom. The Hall–Kier alpha value is -5.01. The van der Waals surface area contributed by atoms with Gasteiger partial charge in [-0.2, -0.15) is 119 Å². The van der Waals surface area contributed by atoms with Gasteiger partial charge in [-0.3, -0.25) is 0 Å². The second-order valence-electron chi connectivity index (χ2n) is 12.0. The van der Waals surface area contributed by atoms with E-state index in [1.807, 2.05) is 0 Å². The Morgan fingerprint density at radius 3 is 0.950 bits per heavy atom. The molecule has 0 radical (unpaired) electrons. The van der Waals surface area contributed by atoms with Gasteiger partial charge in [0.05, 0.1) is 50.1 Å². The monoisotopic (exact) mass is 918 g/mol. The molecule has 0 aliphatic rings. The summed E-state index contributed by atoms with van der Waals surface area (Å²) in [7, 11) is 0. The minimum atomic E-state index is -7.52. The van der Waals surface area contributed by atoms with Crippen molar-refractivity contribution in [3.05, 3.63) is 105 Å². The molecule has 60 heavy (non-hydrogen) atoms. The molecule has 0 aliphatic heterocycles. The summed E-state index contributed by atoms with van der Waals surface area (Å²) in [5, 5.41) is 0. The van der Waals surface area contributed by atoms with E-state index in [9.17, 15) is 92.2 Å². The first-order valence-corrected chi connectivity index (χ1v) is 14.8. The van der Waals surface area contributed by atoms with Crippen molar-refractivity contribution in [1.82, 2.24) is 0 Å². The fourth-order valence-corrected chi connectivity index (χ4v) is 5.98. The largest absolute Gasteiger partial charge is 0.417 e. The third-order valence-corrected chi connectivity index (χ3v) is 8.07. The fourth-order valence-electron chi connectivity index (χ4n) is 5.98. The zero-order valence-electron chi connectivity index (χ0n) is 27.4. The third kappa shape index (κ3) is 9.32. The molecule has 0 saturated carbocycles. The van der Waals surface area contributed by atoms with Crippen LogP contribution in [-0.2, 0) is 55.6 Å². The van der Waals surface area contributed by atoms with Crippen LogP contribution in [0.25, 0.3) is 33.4 Å². The van der Waals surface area contributed by atoms with E-state index in [1.165, 1.54) is 0 Å². The zero-order chi connectivity index (χ0) is 46.5. The van der Waals surface area contributed by atoms with Crippen LogP contribution in [0.1, 0.15) is 50.1 Å². The first kappa shape index (κ1) is 47.7. The van der Waals surface area contributed by atoms with Gasteiger partial charge in [-0.05, 0) is 65.2 Å². The van der Waals surface area contributed by atoms with Crippen LogP contribution in [0.15, 0.2) is 54.6 Å². The quantitative estimate of drug-likeness (QED) is 0.180. The summed E-state index contributed by atoms with van der Waals surface area (Å²) in [6.07, 6.45) is -61.3. The number of hydrogen-bond donors (Lipinski definition) is 0. The van der Waals surface area contributed by atoms with E-state index < -0.39 is 188 Å². The van der Waals surface area contributed by atoms with E-state index in [0.717, 1.165) is 0 Å². The second kappa shape index (κ2) is 14.3. The van der Waals surface area contributed by atoms with Gasteiger partial charge in [0.1, 0.15) is 0 Å². The number of hydrogen-bond acceptors (Lipinski definition) is 0. The molecule has 330 valence electrons. The van der Waals surface area contributed by atoms with Crippen LogP contribution >= 0.6 is 0 Å². The SMILES string of the molecule is FC(F)(F)c1cc(-c2c(-c3cc(C(F)(F)F)ccc3C(F)(F)F)c(-c3c(C(F)(F)F)cccc3C(F)(F)F)c(C(F)(F)F)c(C(F)(F)F)c2C(F)(F)F)cc(C(F)(F)F)c1. The molecule has 4 aromatic carbocycles. The second-order valence-corrected chi connectivity index (χ2v) is 12.0. The molecule has 0 heterocycles.